The SMILES string of the molecule is CC(C)CCOc1ccc(OCC(=O)NCC(C)C)cc1. The molecule has 0 bridgehead atoms. The van der Waals surface area contributed by atoms with Gasteiger partial charge in [0, 0.05) is 6.54 Å². The maximum Gasteiger partial charge on any atom is 0.257 e. The van der Waals surface area contributed by atoms with E-state index in [0.717, 1.165) is 18.8 Å². The van der Waals surface area contributed by atoms with Gasteiger partial charge in [0.15, 0.2) is 6.61 Å². The molecule has 0 aromatic heterocycles. The van der Waals surface area contributed by atoms with Gasteiger partial charge in [-0.1, -0.05) is 27.7 Å². The van der Waals surface area contributed by atoms with Gasteiger partial charge < -0.3 is 14.8 Å². The van der Waals surface area contributed by atoms with E-state index >= 15 is 0 Å². The summed E-state index contributed by atoms with van der Waals surface area (Å²) in [4.78, 5) is 11.5. The predicted octanol–water partition coefficient (Wildman–Crippen LogP) is 3.26. The molecule has 21 heavy (non-hydrogen) atoms. The number of hydrogen-bond donors (Lipinski definition) is 1. The lowest BCUT2D eigenvalue weighted by Crippen LogP contribution is -2.31. The number of rotatable bonds is 9. The summed E-state index contributed by atoms with van der Waals surface area (Å²) in [5, 5.41) is 2.81. The first-order valence-corrected chi connectivity index (χ1v) is 7.59. The lowest BCUT2D eigenvalue weighted by atomic mass is 10.1. The van der Waals surface area contributed by atoms with E-state index in [-0.39, 0.29) is 12.5 Å². The highest BCUT2D eigenvalue weighted by atomic mass is 16.5. The molecule has 0 fully saturated rings. The summed E-state index contributed by atoms with van der Waals surface area (Å²) in [6, 6.07) is 7.37. The molecule has 0 heterocycles. The van der Waals surface area contributed by atoms with Crippen LogP contribution >= 0.6 is 0 Å². The largest absolute Gasteiger partial charge is 0.494 e. The van der Waals surface area contributed by atoms with E-state index in [1.165, 1.54) is 0 Å². The van der Waals surface area contributed by atoms with Crippen molar-refractivity contribution in [2.75, 3.05) is 19.8 Å². The molecule has 0 saturated carbocycles. The fourth-order valence-corrected chi connectivity index (χ4v) is 1.56. The van der Waals surface area contributed by atoms with Crippen LogP contribution in [0.1, 0.15) is 34.1 Å². The predicted molar refractivity (Wildman–Crippen MR) is 84.7 cm³/mol. The molecule has 0 aliphatic heterocycles. The Hall–Kier alpha value is -1.71. The second kappa shape index (κ2) is 9.27. The van der Waals surface area contributed by atoms with Crippen LogP contribution in [-0.4, -0.2) is 25.7 Å². The van der Waals surface area contributed by atoms with Crippen molar-refractivity contribution < 1.29 is 14.3 Å². The Balaban J connectivity index is 2.29. The van der Waals surface area contributed by atoms with Crippen molar-refractivity contribution in [1.29, 1.82) is 0 Å². The summed E-state index contributed by atoms with van der Waals surface area (Å²) in [6.45, 7) is 9.88. The molecule has 1 N–H and O–H groups in total. The Labute approximate surface area is 127 Å². The Kier molecular flexibility index (Phi) is 7.65. The number of nitrogens with one attached hydrogen (secondary N) is 1. The van der Waals surface area contributed by atoms with Gasteiger partial charge in [-0.2, -0.15) is 0 Å². The summed E-state index contributed by atoms with van der Waals surface area (Å²) in [5.74, 6) is 2.48. The van der Waals surface area contributed by atoms with E-state index < -0.39 is 0 Å². The normalized spacial score (nSPS) is 10.8. The fraction of sp³-hybridized carbons (Fsp3) is 0.588. The Morgan fingerprint density at radius 3 is 2.10 bits per heavy atom. The highest BCUT2D eigenvalue weighted by Crippen LogP contribution is 2.18. The summed E-state index contributed by atoms with van der Waals surface area (Å²) in [6.07, 6.45) is 1.04. The van der Waals surface area contributed by atoms with Crippen LogP contribution in [0.15, 0.2) is 24.3 Å². The standard InChI is InChI=1S/C17H27NO3/c1-13(2)9-10-20-15-5-7-16(8-6-15)21-12-17(19)18-11-14(3)4/h5-8,13-14H,9-12H2,1-4H3,(H,18,19). The number of carbonyl (C=O) groups is 1. The first kappa shape index (κ1) is 17.3. The van der Waals surface area contributed by atoms with E-state index in [2.05, 4.69) is 33.0 Å². The monoisotopic (exact) mass is 293 g/mol. The van der Waals surface area contributed by atoms with Gasteiger partial charge >= 0.3 is 0 Å². The van der Waals surface area contributed by atoms with Gasteiger partial charge in [0.2, 0.25) is 0 Å². The zero-order chi connectivity index (χ0) is 15.7. The Morgan fingerprint density at radius 1 is 1.00 bits per heavy atom. The van der Waals surface area contributed by atoms with Crippen molar-refractivity contribution in [3.8, 4) is 11.5 Å². The fourth-order valence-electron chi connectivity index (χ4n) is 1.56. The van der Waals surface area contributed by atoms with E-state index in [1.807, 2.05) is 24.3 Å². The molecule has 1 rings (SSSR count). The zero-order valence-corrected chi connectivity index (χ0v) is 13.5. The maximum absolute atomic E-state index is 11.5. The van der Waals surface area contributed by atoms with Crippen LogP contribution in [0.2, 0.25) is 0 Å². The molecule has 0 spiro atoms. The quantitative estimate of drug-likeness (QED) is 0.760. The van der Waals surface area contributed by atoms with Crippen LogP contribution < -0.4 is 14.8 Å². The van der Waals surface area contributed by atoms with Crippen molar-refractivity contribution in [2.24, 2.45) is 11.8 Å². The van der Waals surface area contributed by atoms with E-state index in [1.54, 1.807) is 0 Å². The molecule has 4 heteroatoms. The molecule has 0 radical (unpaired) electrons. The van der Waals surface area contributed by atoms with E-state index in [4.69, 9.17) is 9.47 Å². The molecule has 4 nitrogen and oxygen atoms in total. The zero-order valence-electron chi connectivity index (χ0n) is 13.5. The third-order valence-electron chi connectivity index (χ3n) is 2.87. The lowest BCUT2D eigenvalue weighted by Gasteiger charge is -2.10. The van der Waals surface area contributed by atoms with E-state index in [9.17, 15) is 4.79 Å². The highest BCUT2D eigenvalue weighted by molar-refractivity contribution is 5.77. The first-order chi connectivity index (χ1) is 9.97. The molecule has 0 aliphatic carbocycles. The van der Waals surface area contributed by atoms with Gasteiger partial charge in [-0.3, -0.25) is 4.79 Å². The molecule has 1 aromatic carbocycles. The van der Waals surface area contributed by atoms with Gasteiger partial charge in [-0.05, 0) is 42.5 Å². The molecule has 118 valence electrons. The molecule has 1 amide bonds. The summed E-state index contributed by atoms with van der Waals surface area (Å²) in [7, 11) is 0. The summed E-state index contributed by atoms with van der Waals surface area (Å²) >= 11 is 0. The summed E-state index contributed by atoms with van der Waals surface area (Å²) in [5.41, 5.74) is 0. The topological polar surface area (TPSA) is 47.6 Å². The first-order valence-electron chi connectivity index (χ1n) is 7.59. The molecule has 1 aromatic rings. The van der Waals surface area contributed by atoms with Crippen LogP contribution in [0.3, 0.4) is 0 Å². The number of hydrogen-bond acceptors (Lipinski definition) is 3. The molecule has 0 saturated heterocycles. The Bertz CT molecular complexity index is 413. The van der Waals surface area contributed by atoms with E-state index in [0.29, 0.717) is 24.1 Å². The number of ether oxygens (including phenoxy) is 2. The number of benzene rings is 1. The highest BCUT2D eigenvalue weighted by Gasteiger charge is 2.04. The van der Waals surface area contributed by atoms with Crippen LogP contribution in [0.5, 0.6) is 11.5 Å². The van der Waals surface area contributed by atoms with Crippen LogP contribution in [0, 0.1) is 11.8 Å². The second-order valence-corrected chi connectivity index (χ2v) is 5.99. The van der Waals surface area contributed by atoms with Crippen molar-refractivity contribution in [3.63, 3.8) is 0 Å². The minimum atomic E-state index is -0.0963. The second-order valence-electron chi connectivity index (χ2n) is 5.99. The minimum absolute atomic E-state index is 0.0419. The third-order valence-corrected chi connectivity index (χ3v) is 2.87. The molecular weight excluding hydrogens is 266 g/mol. The third kappa shape index (κ3) is 8.23. The number of amides is 1. The van der Waals surface area contributed by atoms with Gasteiger partial charge in [0.1, 0.15) is 11.5 Å². The van der Waals surface area contributed by atoms with Crippen molar-refractivity contribution in [2.45, 2.75) is 34.1 Å². The van der Waals surface area contributed by atoms with Crippen molar-refractivity contribution in [1.82, 2.24) is 5.32 Å². The average Bonchev–Trinajstić information content (AvgIpc) is 2.44. The van der Waals surface area contributed by atoms with Gasteiger partial charge in [-0.25, -0.2) is 0 Å². The average molecular weight is 293 g/mol. The molecule has 0 unspecified atom stereocenters. The number of carbonyl (C=O) groups excluding carboxylic acids is 1. The van der Waals surface area contributed by atoms with Crippen LogP contribution in [0.25, 0.3) is 0 Å². The van der Waals surface area contributed by atoms with Crippen molar-refractivity contribution >= 4 is 5.91 Å². The Morgan fingerprint density at radius 2 is 1.57 bits per heavy atom. The van der Waals surface area contributed by atoms with Gasteiger partial charge in [0.25, 0.3) is 5.91 Å². The van der Waals surface area contributed by atoms with Crippen LogP contribution in [-0.2, 0) is 4.79 Å². The molecule has 0 atom stereocenters. The van der Waals surface area contributed by atoms with Gasteiger partial charge in [0.05, 0.1) is 6.61 Å². The molecular formula is C17H27NO3. The minimum Gasteiger partial charge on any atom is -0.494 e. The van der Waals surface area contributed by atoms with Crippen LogP contribution in [0.4, 0.5) is 0 Å². The lowest BCUT2D eigenvalue weighted by molar-refractivity contribution is -0.123. The van der Waals surface area contributed by atoms with Gasteiger partial charge in [-0.15, -0.1) is 0 Å². The van der Waals surface area contributed by atoms with Crippen molar-refractivity contribution in [3.05, 3.63) is 24.3 Å². The summed E-state index contributed by atoms with van der Waals surface area (Å²) < 4.78 is 11.1. The smallest absolute Gasteiger partial charge is 0.257 e. The molecule has 0 aliphatic rings. The maximum atomic E-state index is 11.5.